The highest BCUT2D eigenvalue weighted by atomic mass is 16.5. The SMILES string of the molecule is CCC1CCCC(OCC2CCC(CNC)O2)C1. The van der Waals surface area contributed by atoms with E-state index in [9.17, 15) is 0 Å². The second kappa shape index (κ2) is 7.46. The van der Waals surface area contributed by atoms with Crippen molar-refractivity contribution >= 4 is 0 Å². The minimum Gasteiger partial charge on any atom is -0.376 e. The van der Waals surface area contributed by atoms with Crippen molar-refractivity contribution in [2.75, 3.05) is 20.2 Å². The molecular weight excluding hydrogens is 226 g/mol. The molecule has 18 heavy (non-hydrogen) atoms. The number of hydrogen-bond acceptors (Lipinski definition) is 3. The van der Waals surface area contributed by atoms with Crippen LogP contribution in [-0.4, -0.2) is 38.5 Å². The molecule has 3 heteroatoms. The van der Waals surface area contributed by atoms with Gasteiger partial charge in [0, 0.05) is 6.54 Å². The van der Waals surface area contributed by atoms with E-state index in [4.69, 9.17) is 9.47 Å². The highest BCUT2D eigenvalue weighted by Crippen LogP contribution is 2.29. The van der Waals surface area contributed by atoms with Crippen LogP contribution in [0, 0.1) is 5.92 Å². The molecule has 0 aromatic carbocycles. The van der Waals surface area contributed by atoms with Gasteiger partial charge in [-0.15, -0.1) is 0 Å². The van der Waals surface area contributed by atoms with E-state index < -0.39 is 0 Å². The average molecular weight is 255 g/mol. The summed E-state index contributed by atoms with van der Waals surface area (Å²) in [6.45, 7) is 4.08. The van der Waals surface area contributed by atoms with Crippen LogP contribution in [0.3, 0.4) is 0 Å². The van der Waals surface area contributed by atoms with Crippen LogP contribution in [0.25, 0.3) is 0 Å². The van der Waals surface area contributed by atoms with Gasteiger partial charge in [-0.1, -0.05) is 26.2 Å². The van der Waals surface area contributed by atoms with Gasteiger partial charge in [0.1, 0.15) is 0 Å². The fourth-order valence-corrected chi connectivity index (χ4v) is 3.29. The summed E-state index contributed by atoms with van der Waals surface area (Å²) in [5.41, 5.74) is 0. The lowest BCUT2D eigenvalue weighted by Crippen LogP contribution is -2.28. The number of hydrogen-bond donors (Lipinski definition) is 1. The first kappa shape index (κ1) is 14.3. The molecule has 1 N–H and O–H groups in total. The largest absolute Gasteiger partial charge is 0.376 e. The van der Waals surface area contributed by atoms with Crippen molar-refractivity contribution in [1.82, 2.24) is 5.32 Å². The Bertz CT molecular complexity index is 235. The molecule has 1 aliphatic carbocycles. The van der Waals surface area contributed by atoms with Crippen LogP contribution >= 0.6 is 0 Å². The van der Waals surface area contributed by atoms with Crippen molar-refractivity contribution in [3.05, 3.63) is 0 Å². The maximum atomic E-state index is 6.08. The van der Waals surface area contributed by atoms with Crippen molar-refractivity contribution in [1.29, 1.82) is 0 Å². The Balaban J connectivity index is 1.63. The van der Waals surface area contributed by atoms with Crippen LogP contribution in [0.15, 0.2) is 0 Å². The molecule has 1 heterocycles. The molecule has 0 spiro atoms. The fraction of sp³-hybridized carbons (Fsp3) is 1.00. The lowest BCUT2D eigenvalue weighted by atomic mass is 9.85. The van der Waals surface area contributed by atoms with Gasteiger partial charge in [-0.25, -0.2) is 0 Å². The Labute approximate surface area is 112 Å². The lowest BCUT2D eigenvalue weighted by molar-refractivity contribution is -0.0556. The Morgan fingerprint density at radius 2 is 2.00 bits per heavy atom. The summed E-state index contributed by atoms with van der Waals surface area (Å²) in [6.07, 6.45) is 10.2. The van der Waals surface area contributed by atoms with Crippen molar-refractivity contribution in [2.24, 2.45) is 5.92 Å². The van der Waals surface area contributed by atoms with E-state index >= 15 is 0 Å². The van der Waals surface area contributed by atoms with E-state index in [-0.39, 0.29) is 0 Å². The summed E-state index contributed by atoms with van der Waals surface area (Å²) in [5.74, 6) is 0.894. The predicted octanol–water partition coefficient (Wildman–Crippen LogP) is 2.74. The molecule has 106 valence electrons. The first-order valence-corrected chi connectivity index (χ1v) is 7.73. The highest BCUT2D eigenvalue weighted by molar-refractivity contribution is 4.77. The van der Waals surface area contributed by atoms with E-state index in [0.29, 0.717) is 18.3 Å². The van der Waals surface area contributed by atoms with Gasteiger partial charge in [0.25, 0.3) is 0 Å². The van der Waals surface area contributed by atoms with Crippen LogP contribution < -0.4 is 5.32 Å². The molecule has 4 atom stereocenters. The molecule has 1 aliphatic heterocycles. The van der Waals surface area contributed by atoms with Gasteiger partial charge < -0.3 is 14.8 Å². The average Bonchev–Trinajstić information content (AvgIpc) is 2.85. The number of rotatable bonds is 6. The van der Waals surface area contributed by atoms with E-state index in [0.717, 1.165) is 25.5 Å². The molecule has 2 fully saturated rings. The predicted molar refractivity (Wildman–Crippen MR) is 73.8 cm³/mol. The highest BCUT2D eigenvalue weighted by Gasteiger charge is 2.27. The zero-order valence-electron chi connectivity index (χ0n) is 12.0. The molecule has 1 saturated carbocycles. The van der Waals surface area contributed by atoms with E-state index in [1.807, 2.05) is 7.05 Å². The molecule has 0 aromatic rings. The first-order chi connectivity index (χ1) is 8.81. The molecule has 0 radical (unpaired) electrons. The summed E-state index contributed by atoms with van der Waals surface area (Å²) >= 11 is 0. The smallest absolute Gasteiger partial charge is 0.0814 e. The quantitative estimate of drug-likeness (QED) is 0.791. The van der Waals surface area contributed by atoms with Gasteiger partial charge in [-0.3, -0.25) is 0 Å². The minimum absolute atomic E-state index is 0.338. The van der Waals surface area contributed by atoms with E-state index in [1.54, 1.807) is 0 Å². The third-order valence-corrected chi connectivity index (χ3v) is 4.46. The van der Waals surface area contributed by atoms with Crippen LogP contribution in [0.2, 0.25) is 0 Å². The van der Waals surface area contributed by atoms with Crippen molar-refractivity contribution < 1.29 is 9.47 Å². The fourth-order valence-electron chi connectivity index (χ4n) is 3.29. The molecule has 1 saturated heterocycles. The summed E-state index contributed by atoms with van der Waals surface area (Å²) in [6, 6.07) is 0. The van der Waals surface area contributed by atoms with Gasteiger partial charge in [0.2, 0.25) is 0 Å². The third-order valence-electron chi connectivity index (χ3n) is 4.46. The molecule has 0 aromatic heterocycles. The summed E-state index contributed by atoms with van der Waals surface area (Å²) in [7, 11) is 1.99. The van der Waals surface area contributed by atoms with Crippen LogP contribution in [0.5, 0.6) is 0 Å². The van der Waals surface area contributed by atoms with E-state index in [1.165, 1.54) is 38.5 Å². The molecule has 2 rings (SSSR count). The third kappa shape index (κ3) is 4.22. The zero-order valence-corrected chi connectivity index (χ0v) is 12.0. The Morgan fingerprint density at radius 3 is 2.78 bits per heavy atom. The van der Waals surface area contributed by atoms with Gasteiger partial charge in [-0.05, 0) is 38.6 Å². The Kier molecular flexibility index (Phi) is 5.93. The second-order valence-corrected chi connectivity index (χ2v) is 5.91. The Hall–Kier alpha value is -0.120. The van der Waals surface area contributed by atoms with Crippen molar-refractivity contribution in [3.63, 3.8) is 0 Å². The standard InChI is InChI=1S/C15H29NO2/c1-3-12-5-4-6-13(9-12)17-11-15-8-7-14(18-15)10-16-2/h12-16H,3-11H2,1-2H3. The molecule has 2 aliphatic rings. The monoisotopic (exact) mass is 255 g/mol. The lowest BCUT2D eigenvalue weighted by Gasteiger charge is -2.29. The second-order valence-electron chi connectivity index (χ2n) is 5.91. The molecule has 0 amide bonds. The number of nitrogens with one attached hydrogen (secondary N) is 1. The van der Waals surface area contributed by atoms with Gasteiger partial charge in [-0.2, -0.15) is 0 Å². The maximum absolute atomic E-state index is 6.08. The van der Waals surface area contributed by atoms with Crippen LogP contribution in [0.1, 0.15) is 51.9 Å². The Morgan fingerprint density at radius 1 is 1.17 bits per heavy atom. The first-order valence-electron chi connectivity index (χ1n) is 7.73. The zero-order chi connectivity index (χ0) is 12.8. The molecule has 3 nitrogen and oxygen atoms in total. The number of ether oxygens (including phenoxy) is 2. The molecular formula is C15H29NO2. The van der Waals surface area contributed by atoms with Gasteiger partial charge in [0.05, 0.1) is 24.9 Å². The molecule has 0 bridgehead atoms. The minimum atomic E-state index is 0.338. The van der Waals surface area contributed by atoms with Gasteiger partial charge in [0.15, 0.2) is 0 Å². The van der Waals surface area contributed by atoms with Crippen molar-refractivity contribution in [2.45, 2.75) is 70.2 Å². The van der Waals surface area contributed by atoms with Crippen molar-refractivity contribution in [3.8, 4) is 0 Å². The maximum Gasteiger partial charge on any atom is 0.0814 e. The topological polar surface area (TPSA) is 30.5 Å². The van der Waals surface area contributed by atoms with Gasteiger partial charge >= 0.3 is 0 Å². The van der Waals surface area contributed by atoms with Crippen LogP contribution in [0.4, 0.5) is 0 Å². The normalized spacial score (nSPS) is 37.0. The summed E-state index contributed by atoms with van der Waals surface area (Å²) in [5, 5.41) is 3.18. The summed E-state index contributed by atoms with van der Waals surface area (Å²) < 4.78 is 12.0. The van der Waals surface area contributed by atoms with Crippen LogP contribution in [-0.2, 0) is 9.47 Å². The van der Waals surface area contributed by atoms with E-state index in [2.05, 4.69) is 12.2 Å². The molecule has 4 unspecified atom stereocenters. The summed E-state index contributed by atoms with van der Waals surface area (Å²) in [4.78, 5) is 0. The number of likely N-dealkylation sites (N-methyl/N-ethyl adjacent to an activating group) is 1.